The molecule has 19 heavy (non-hydrogen) atoms. The van der Waals surface area contributed by atoms with E-state index in [0.29, 0.717) is 0 Å². The van der Waals surface area contributed by atoms with Crippen molar-refractivity contribution in [1.82, 2.24) is 0 Å². The van der Waals surface area contributed by atoms with E-state index in [1.807, 2.05) is 24.3 Å². The van der Waals surface area contributed by atoms with Gasteiger partial charge in [-0.3, -0.25) is 4.21 Å². The van der Waals surface area contributed by atoms with Gasteiger partial charge in [0.2, 0.25) is 0 Å². The first kappa shape index (κ1) is 13.4. The summed E-state index contributed by atoms with van der Waals surface area (Å²) in [6, 6.07) is 17.1. The molecule has 2 nitrogen and oxygen atoms in total. The van der Waals surface area contributed by atoms with Crippen molar-refractivity contribution in [3.63, 3.8) is 0 Å². The third-order valence-corrected chi connectivity index (χ3v) is 4.48. The number of hydrogen-bond donors (Lipinski definition) is 0. The summed E-state index contributed by atoms with van der Waals surface area (Å²) >= 11 is 0. The number of halogens is 1. The molecule has 0 aliphatic rings. The lowest BCUT2D eigenvalue weighted by Crippen LogP contribution is -2.08. The normalized spacial score (nSPS) is 13.5. The lowest BCUT2D eigenvalue weighted by atomic mass is 10.1. The molecule has 0 amide bonds. The van der Waals surface area contributed by atoms with Gasteiger partial charge >= 0.3 is 0 Å². The second-order valence-corrected chi connectivity index (χ2v) is 5.59. The number of hydrogen-bond acceptors (Lipinski definition) is 2. The smallest absolute Gasteiger partial charge is 0.139 e. The van der Waals surface area contributed by atoms with Gasteiger partial charge < -0.3 is 0 Å². The second kappa shape index (κ2) is 6.26. The molecule has 2 unspecified atom stereocenters. The summed E-state index contributed by atoms with van der Waals surface area (Å²) in [6.07, 6.45) is 0.0883. The molecule has 0 aromatic heterocycles. The van der Waals surface area contributed by atoms with Crippen molar-refractivity contribution in [2.75, 3.05) is 0 Å². The van der Waals surface area contributed by atoms with Gasteiger partial charge in [0.1, 0.15) is 5.82 Å². The third kappa shape index (κ3) is 3.07. The van der Waals surface area contributed by atoms with Gasteiger partial charge in [0.25, 0.3) is 0 Å². The quantitative estimate of drug-likeness (QED) is 0.854. The zero-order valence-electron chi connectivity index (χ0n) is 10.1. The molecule has 0 fully saturated rings. The highest BCUT2D eigenvalue weighted by molar-refractivity contribution is 7.85. The van der Waals surface area contributed by atoms with E-state index in [4.69, 9.17) is 5.26 Å². The lowest BCUT2D eigenvalue weighted by Gasteiger charge is -2.14. The molecule has 0 aliphatic carbocycles. The van der Waals surface area contributed by atoms with Crippen molar-refractivity contribution in [2.45, 2.75) is 16.6 Å². The van der Waals surface area contributed by atoms with Gasteiger partial charge in [0.05, 0.1) is 33.4 Å². The summed E-state index contributed by atoms with van der Waals surface area (Å²) < 4.78 is 26.2. The fraction of sp³-hybridized carbons (Fsp3) is 0.133. The predicted octanol–water partition coefficient (Wildman–Crippen LogP) is 3.59. The topological polar surface area (TPSA) is 40.9 Å². The van der Waals surface area contributed by atoms with Crippen molar-refractivity contribution in [3.05, 3.63) is 66.0 Å². The van der Waals surface area contributed by atoms with Crippen LogP contribution in [0.5, 0.6) is 0 Å². The van der Waals surface area contributed by atoms with E-state index in [0.717, 1.165) is 5.56 Å². The van der Waals surface area contributed by atoms with Gasteiger partial charge in [-0.2, -0.15) is 5.26 Å². The molecule has 2 aromatic carbocycles. The minimum Gasteiger partial charge on any atom is -0.254 e. The van der Waals surface area contributed by atoms with Gasteiger partial charge in [0, 0.05) is 0 Å². The average molecular weight is 273 g/mol. The molecule has 2 atom stereocenters. The molecular weight excluding hydrogens is 261 g/mol. The Balaban J connectivity index is 2.39. The monoisotopic (exact) mass is 273 g/mol. The van der Waals surface area contributed by atoms with Crippen LogP contribution in [0.1, 0.15) is 17.2 Å². The van der Waals surface area contributed by atoms with Crippen LogP contribution in [0.2, 0.25) is 0 Å². The molecule has 0 saturated carbocycles. The van der Waals surface area contributed by atoms with Crippen LogP contribution in [-0.4, -0.2) is 4.21 Å². The molecule has 0 aliphatic heterocycles. The minimum absolute atomic E-state index is 0.0883. The molecule has 0 radical (unpaired) electrons. The summed E-state index contributed by atoms with van der Waals surface area (Å²) in [4.78, 5) is 0.145. The first-order chi connectivity index (χ1) is 9.24. The molecule has 2 rings (SSSR count). The van der Waals surface area contributed by atoms with Gasteiger partial charge in [-0.1, -0.05) is 42.5 Å². The molecule has 96 valence electrons. The maximum Gasteiger partial charge on any atom is 0.139 e. The zero-order chi connectivity index (χ0) is 13.7. The fourth-order valence-corrected chi connectivity index (χ4v) is 3.24. The Kier molecular flexibility index (Phi) is 4.43. The van der Waals surface area contributed by atoms with Crippen LogP contribution in [0, 0.1) is 17.1 Å². The van der Waals surface area contributed by atoms with E-state index in [1.165, 1.54) is 12.1 Å². The SMILES string of the molecule is N#CCC(c1ccccc1)S(=O)c1ccccc1F. The highest BCUT2D eigenvalue weighted by Gasteiger charge is 2.22. The van der Waals surface area contributed by atoms with Crippen LogP contribution in [0.15, 0.2) is 59.5 Å². The van der Waals surface area contributed by atoms with Crippen molar-refractivity contribution >= 4 is 10.8 Å². The van der Waals surface area contributed by atoms with Crippen LogP contribution < -0.4 is 0 Å². The second-order valence-electron chi connectivity index (χ2n) is 3.99. The number of rotatable bonds is 4. The average Bonchev–Trinajstić information content (AvgIpc) is 2.45. The van der Waals surface area contributed by atoms with Crippen molar-refractivity contribution < 1.29 is 8.60 Å². The van der Waals surface area contributed by atoms with E-state index >= 15 is 0 Å². The Labute approximate surface area is 114 Å². The highest BCUT2D eigenvalue weighted by Crippen LogP contribution is 2.29. The lowest BCUT2D eigenvalue weighted by molar-refractivity contribution is 0.593. The van der Waals surface area contributed by atoms with Gasteiger partial charge in [-0.05, 0) is 17.7 Å². The van der Waals surface area contributed by atoms with Crippen LogP contribution in [0.4, 0.5) is 4.39 Å². The van der Waals surface area contributed by atoms with Gasteiger partial charge in [-0.25, -0.2) is 4.39 Å². The summed E-state index contributed by atoms with van der Waals surface area (Å²) in [5, 5.41) is 8.37. The summed E-state index contributed by atoms with van der Waals surface area (Å²) in [5.74, 6) is -0.500. The van der Waals surface area contributed by atoms with Crippen LogP contribution >= 0.6 is 0 Å². The summed E-state index contributed by atoms with van der Waals surface area (Å²) in [6.45, 7) is 0. The highest BCUT2D eigenvalue weighted by atomic mass is 32.2. The Bertz CT molecular complexity index is 622. The molecule has 0 saturated heterocycles. The number of nitrogens with zero attached hydrogens (tertiary/aromatic N) is 1. The third-order valence-electron chi connectivity index (χ3n) is 2.76. The predicted molar refractivity (Wildman–Crippen MR) is 72.2 cm³/mol. The molecule has 0 N–H and O–H groups in total. The van der Waals surface area contributed by atoms with Crippen LogP contribution in [0.3, 0.4) is 0 Å². The Morgan fingerprint density at radius 3 is 2.37 bits per heavy atom. The standard InChI is InChI=1S/C15H12FNOS/c16-13-8-4-5-9-15(13)19(18)14(10-11-17)12-6-2-1-3-7-12/h1-9,14H,10H2. The minimum atomic E-state index is -1.58. The van der Waals surface area contributed by atoms with E-state index in [1.54, 1.807) is 24.3 Å². The first-order valence-corrected chi connectivity index (χ1v) is 7.02. The van der Waals surface area contributed by atoms with E-state index < -0.39 is 21.9 Å². The Morgan fingerprint density at radius 2 is 1.74 bits per heavy atom. The fourth-order valence-electron chi connectivity index (χ4n) is 1.83. The van der Waals surface area contributed by atoms with Crippen molar-refractivity contribution in [2.24, 2.45) is 0 Å². The van der Waals surface area contributed by atoms with Crippen molar-refractivity contribution in [1.29, 1.82) is 5.26 Å². The molecular formula is C15H12FNOS. The Morgan fingerprint density at radius 1 is 1.11 bits per heavy atom. The van der Waals surface area contributed by atoms with Gasteiger partial charge in [-0.15, -0.1) is 0 Å². The molecule has 0 bridgehead atoms. The molecule has 2 aromatic rings. The molecule has 4 heteroatoms. The van der Waals surface area contributed by atoms with E-state index in [-0.39, 0.29) is 11.3 Å². The largest absolute Gasteiger partial charge is 0.254 e. The van der Waals surface area contributed by atoms with Crippen molar-refractivity contribution in [3.8, 4) is 6.07 Å². The molecule has 0 spiro atoms. The first-order valence-electron chi connectivity index (χ1n) is 5.81. The summed E-state index contributed by atoms with van der Waals surface area (Å²) in [5.41, 5.74) is 0.783. The van der Waals surface area contributed by atoms with E-state index in [2.05, 4.69) is 0 Å². The van der Waals surface area contributed by atoms with E-state index in [9.17, 15) is 8.60 Å². The van der Waals surface area contributed by atoms with Crippen LogP contribution in [0.25, 0.3) is 0 Å². The molecule has 0 heterocycles. The maximum atomic E-state index is 13.7. The van der Waals surface area contributed by atoms with Gasteiger partial charge in [0.15, 0.2) is 0 Å². The Hall–Kier alpha value is -1.99. The maximum absolute atomic E-state index is 13.7. The number of nitriles is 1. The summed E-state index contributed by atoms with van der Waals surface area (Å²) in [7, 11) is -1.58. The zero-order valence-corrected chi connectivity index (χ0v) is 10.9. The van der Waals surface area contributed by atoms with Crippen LogP contribution in [-0.2, 0) is 10.8 Å². The number of benzene rings is 2.